The first-order chi connectivity index (χ1) is 11.5. The second kappa shape index (κ2) is 6.19. The Hall–Kier alpha value is -3.09. The van der Waals surface area contributed by atoms with Gasteiger partial charge in [-0.15, -0.1) is 0 Å². The fraction of sp³-hybridized carbons (Fsp3) is 0.176. The fourth-order valence-electron chi connectivity index (χ4n) is 2.50. The maximum Gasteiger partial charge on any atom is 0.319 e. The highest BCUT2D eigenvalue weighted by molar-refractivity contribution is 5.92. The summed E-state index contributed by atoms with van der Waals surface area (Å²) >= 11 is 0. The van der Waals surface area contributed by atoms with Crippen molar-refractivity contribution in [2.75, 3.05) is 5.32 Å². The third-order valence-corrected chi connectivity index (χ3v) is 3.94. The van der Waals surface area contributed by atoms with Gasteiger partial charge < -0.3 is 10.6 Å². The monoisotopic (exact) mass is 328 g/mol. The zero-order chi connectivity index (χ0) is 17.3. The number of hydrogen-bond acceptors (Lipinski definition) is 2. The molecule has 0 unspecified atom stereocenters. The van der Waals surface area contributed by atoms with Gasteiger partial charge in [0, 0.05) is 26.3 Å². The van der Waals surface area contributed by atoms with Crippen LogP contribution in [0.15, 0.2) is 47.3 Å². The molecule has 0 saturated heterocycles. The molecular weight excluding hydrogens is 311 g/mol. The van der Waals surface area contributed by atoms with Gasteiger partial charge in [-0.25, -0.2) is 9.18 Å². The van der Waals surface area contributed by atoms with E-state index >= 15 is 0 Å². The Labute approximate surface area is 137 Å². The van der Waals surface area contributed by atoms with Gasteiger partial charge in [-0.1, -0.05) is 12.1 Å². The van der Waals surface area contributed by atoms with E-state index in [1.54, 1.807) is 49.1 Å². The molecule has 7 heteroatoms. The van der Waals surface area contributed by atoms with E-state index in [4.69, 9.17) is 0 Å². The lowest BCUT2D eigenvalue weighted by atomic mass is 10.2. The minimum Gasteiger partial charge on any atom is -0.334 e. The van der Waals surface area contributed by atoms with Crippen molar-refractivity contribution in [2.45, 2.75) is 6.54 Å². The van der Waals surface area contributed by atoms with Crippen LogP contribution in [0.3, 0.4) is 0 Å². The number of carbonyl (C=O) groups is 1. The van der Waals surface area contributed by atoms with E-state index in [0.717, 1.165) is 11.1 Å². The van der Waals surface area contributed by atoms with Crippen LogP contribution >= 0.6 is 0 Å². The molecule has 0 radical (unpaired) electrons. The van der Waals surface area contributed by atoms with Crippen LogP contribution in [0.1, 0.15) is 5.56 Å². The Morgan fingerprint density at radius 3 is 2.50 bits per heavy atom. The molecule has 0 saturated carbocycles. The van der Waals surface area contributed by atoms with Crippen molar-refractivity contribution in [1.29, 1.82) is 0 Å². The summed E-state index contributed by atoms with van der Waals surface area (Å²) in [6.07, 6.45) is 0. The van der Waals surface area contributed by atoms with E-state index in [0.29, 0.717) is 11.1 Å². The number of hydrogen-bond donors (Lipinski definition) is 2. The molecule has 0 atom stereocenters. The lowest BCUT2D eigenvalue weighted by Gasteiger charge is -2.08. The number of amides is 2. The molecule has 2 amide bonds. The summed E-state index contributed by atoms with van der Waals surface area (Å²) in [6.45, 7) is 0.279. The molecule has 0 aliphatic heterocycles. The van der Waals surface area contributed by atoms with Crippen molar-refractivity contribution >= 4 is 22.6 Å². The van der Waals surface area contributed by atoms with Crippen LogP contribution < -0.4 is 16.2 Å². The molecule has 3 rings (SSSR count). The van der Waals surface area contributed by atoms with Crippen molar-refractivity contribution in [3.05, 3.63) is 64.2 Å². The van der Waals surface area contributed by atoms with Gasteiger partial charge in [0.2, 0.25) is 0 Å². The average Bonchev–Trinajstić information content (AvgIpc) is 2.79. The smallest absolute Gasteiger partial charge is 0.319 e. The second-order valence-corrected chi connectivity index (χ2v) is 5.52. The van der Waals surface area contributed by atoms with E-state index in [1.165, 1.54) is 16.8 Å². The third kappa shape index (κ3) is 3.01. The quantitative estimate of drug-likeness (QED) is 0.775. The number of fused-ring (bicyclic) bond motifs is 1. The van der Waals surface area contributed by atoms with E-state index in [9.17, 15) is 14.0 Å². The van der Waals surface area contributed by atoms with Crippen molar-refractivity contribution < 1.29 is 9.18 Å². The molecule has 124 valence electrons. The highest BCUT2D eigenvalue weighted by Gasteiger charge is 2.09. The standard InChI is InChI=1S/C17H17FN4O2/c1-21-15-8-7-13(9-14(15)16(23)22(21)2)20-17(24)19-10-11-3-5-12(18)6-4-11/h3-9H,10H2,1-2H3,(H2,19,20,24). The molecule has 0 bridgehead atoms. The predicted octanol–water partition coefficient (Wildman–Crippen LogP) is 2.34. The summed E-state index contributed by atoms with van der Waals surface area (Å²) in [5, 5.41) is 5.91. The molecule has 2 N–H and O–H groups in total. The number of aryl methyl sites for hydroxylation is 1. The minimum atomic E-state index is -0.397. The number of anilines is 1. The van der Waals surface area contributed by atoms with E-state index in [1.807, 2.05) is 0 Å². The normalized spacial score (nSPS) is 10.8. The van der Waals surface area contributed by atoms with Gasteiger partial charge in [-0.3, -0.25) is 14.2 Å². The van der Waals surface area contributed by atoms with Gasteiger partial charge in [0.05, 0.1) is 10.9 Å². The van der Waals surface area contributed by atoms with Crippen molar-refractivity contribution in [3.8, 4) is 0 Å². The Bertz CT molecular complexity index is 957. The number of benzene rings is 2. The average molecular weight is 328 g/mol. The maximum absolute atomic E-state index is 12.8. The largest absolute Gasteiger partial charge is 0.334 e. The number of rotatable bonds is 3. The number of nitrogens with zero attached hydrogens (tertiary/aromatic N) is 2. The molecule has 1 aromatic heterocycles. The number of halogens is 1. The van der Waals surface area contributed by atoms with Crippen LogP contribution in [0.4, 0.5) is 14.9 Å². The van der Waals surface area contributed by atoms with E-state index in [-0.39, 0.29) is 17.9 Å². The number of aromatic nitrogens is 2. The summed E-state index contributed by atoms with van der Waals surface area (Å²) in [5.41, 5.74) is 1.99. The first-order valence-electron chi connectivity index (χ1n) is 7.41. The molecule has 24 heavy (non-hydrogen) atoms. The molecule has 2 aromatic carbocycles. The highest BCUT2D eigenvalue weighted by Crippen LogP contribution is 2.16. The lowest BCUT2D eigenvalue weighted by Crippen LogP contribution is -2.28. The van der Waals surface area contributed by atoms with Gasteiger partial charge >= 0.3 is 6.03 Å². The molecule has 0 aliphatic carbocycles. The predicted molar refractivity (Wildman–Crippen MR) is 90.4 cm³/mol. The summed E-state index contributed by atoms with van der Waals surface area (Å²) in [5.74, 6) is -0.319. The molecular formula is C17H17FN4O2. The fourth-order valence-corrected chi connectivity index (χ4v) is 2.50. The van der Waals surface area contributed by atoms with Crippen molar-refractivity contribution in [2.24, 2.45) is 14.1 Å². The summed E-state index contributed by atoms with van der Waals surface area (Å²) in [4.78, 5) is 24.1. The van der Waals surface area contributed by atoms with Crippen LogP contribution in [0, 0.1) is 5.82 Å². The highest BCUT2D eigenvalue weighted by atomic mass is 19.1. The van der Waals surface area contributed by atoms with Gasteiger partial charge in [0.1, 0.15) is 5.82 Å². The van der Waals surface area contributed by atoms with Gasteiger partial charge in [-0.2, -0.15) is 0 Å². The zero-order valence-corrected chi connectivity index (χ0v) is 13.3. The van der Waals surface area contributed by atoms with Crippen molar-refractivity contribution in [1.82, 2.24) is 14.7 Å². The van der Waals surface area contributed by atoms with E-state index in [2.05, 4.69) is 10.6 Å². The third-order valence-electron chi connectivity index (χ3n) is 3.94. The van der Waals surface area contributed by atoms with Crippen LogP contribution in [-0.2, 0) is 20.6 Å². The number of carbonyl (C=O) groups excluding carboxylic acids is 1. The van der Waals surface area contributed by atoms with Crippen molar-refractivity contribution in [3.63, 3.8) is 0 Å². The summed E-state index contributed by atoms with van der Waals surface area (Å²) in [6, 6.07) is 10.7. The first-order valence-corrected chi connectivity index (χ1v) is 7.41. The summed E-state index contributed by atoms with van der Waals surface area (Å²) < 4.78 is 16.1. The maximum atomic E-state index is 12.8. The molecule has 3 aromatic rings. The Morgan fingerprint density at radius 2 is 1.79 bits per heavy atom. The molecule has 0 aliphatic rings. The topological polar surface area (TPSA) is 68.1 Å². The second-order valence-electron chi connectivity index (χ2n) is 5.52. The number of nitrogens with one attached hydrogen (secondary N) is 2. The van der Waals surface area contributed by atoms with Gasteiger partial charge in [-0.05, 0) is 35.9 Å². The molecule has 6 nitrogen and oxygen atoms in total. The van der Waals surface area contributed by atoms with E-state index < -0.39 is 6.03 Å². The van der Waals surface area contributed by atoms with Gasteiger partial charge in [0.15, 0.2) is 0 Å². The first kappa shape index (κ1) is 15.8. The Kier molecular flexibility index (Phi) is 4.07. The minimum absolute atomic E-state index is 0.122. The Morgan fingerprint density at radius 1 is 1.08 bits per heavy atom. The SMILES string of the molecule is Cn1c(=O)c2cc(NC(=O)NCc3ccc(F)cc3)ccc2n1C. The van der Waals surface area contributed by atoms with Crippen LogP contribution in [0.25, 0.3) is 10.9 Å². The zero-order valence-electron chi connectivity index (χ0n) is 13.3. The van der Waals surface area contributed by atoms with Crippen LogP contribution in [0.2, 0.25) is 0 Å². The molecule has 0 spiro atoms. The number of urea groups is 1. The lowest BCUT2D eigenvalue weighted by molar-refractivity contribution is 0.251. The molecule has 0 fully saturated rings. The van der Waals surface area contributed by atoms with Crippen LogP contribution in [0.5, 0.6) is 0 Å². The Balaban J connectivity index is 1.70. The van der Waals surface area contributed by atoms with Crippen LogP contribution in [-0.4, -0.2) is 15.4 Å². The summed E-state index contributed by atoms with van der Waals surface area (Å²) in [7, 11) is 3.48. The van der Waals surface area contributed by atoms with Gasteiger partial charge in [0.25, 0.3) is 5.56 Å². The molecule has 1 heterocycles.